The van der Waals surface area contributed by atoms with Gasteiger partial charge in [0.2, 0.25) is 0 Å². The summed E-state index contributed by atoms with van der Waals surface area (Å²) in [6, 6.07) is 4.44. The van der Waals surface area contributed by atoms with E-state index in [4.69, 9.17) is 14.2 Å². The van der Waals surface area contributed by atoms with Crippen molar-refractivity contribution in [3.63, 3.8) is 0 Å². The zero-order chi connectivity index (χ0) is 21.1. The normalized spacial score (nSPS) is 23.0. The lowest BCUT2D eigenvalue weighted by atomic mass is 9.93. The second kappa shape index (κ2) is 8.83. The quantitative estimate of drug-likeness (QED) is 0.649. The molecule has 2 heterocycles. The molecule has 164 valence electrons. The van der Waals surface area contributed by atoms with Gasteiger partial charge in [0.1, 0.15) is 13.2 Å². The summed E-state index contributed by atoms with van der Waals surface area (Å²) >= 11 is 0. The Kier molecular flexibility index (Phi) is 6.17. The number of ether oxygens (including phenoxy) is 3. The molecule has 0 spiro atoms. The van der Waals surface area contributed by atoms with Crippen molar-refractivity contribution in [1.29, 1.82) is 0 Å². The molecule has 1 saturated carbocycles. The van der Waals surface area contributed by atoms with E-state index in [2.05, 4.69) is 0 Å². The topological polar surface area (TPSA) is 99.2 Å². The number of sulfone groups is 1. The maximum absolute atomic E-state index is 13.0. The standard InChI is InChI=1S/C21H27NO7S/c23-20(13-29-21(24)15-6-7-18-19(12-15)28-10-9-27-18)22(16-4-2-1-3-5-16)17-8-11-30(25,26)14-17/h6-7,12,16-17H,1-5,8-11,13-14H2. The largest absolute Gasteiger partial charge is 0.486 e. The molecule has 0 radical (unpaired) electrons. The molecule has 0 N–H and O–H groups in total. The maximum Gasteiger partial charge on any atom is 0.338 e. The summed E-state index contributed by atoms with van der Waals surface area (Å²) < 4.78 is 40.2. The van der Waals surface area contributed by atoms with Crippen LogP contribution in [-0.4, -0.2) is 68.6 Å². The Bertz CT molecular complexity index is 908. The highest BCUT2D eigenvalue weighted by atomic mass is 32.2. The molecule has 3 aliphatic rings. The third kappa shape index (κ3) is 4.71. The van der Waals surface area contributed by atoms with Crippen LogP contribution in [0.5, 0.6) is 11.5 Å². The first-order valence-electron chi connectivity index (χ1n) is 10.5. The number of carbonyl (C=O) groups is 2. The predicted molar refractivity (Wildman–Crippen MR) is 108 cm³/mol. The fourth-order valence-corrected chi connectivity index (χ4v) is 6.23. The van der Waals surface area contributed by atoms with Crippen LogP contribution in [0.15, 0.2) is 18.2 Å². The van der Waals surface area contributed by atoms with Crippen molar-refractivity contribution < 1.29 is 32.2 Å². The molecule has 1 amide bonds. The van der Waals surface area contributed by atoms with E-state index in [1.165, 1.54) is 0 Å². The Balaban J connectivity index is 1.42. The molecule has 1 atom stereocenters. The summed E-state index contributed by atoms with van der Waals surface area (Å²) in [7, 11) is -3.12. The molecule has 9 heteroatoms. The molecule has 2 fully saturated rings. The summed E-state index contributed by atoms with van der Waals surface area (Å²) in [6.07, 6.45) is 5.33. The van der Waals surface area contributed by atoms with Crippen molar-refractivity contribution >= 4 is 21.7 Å². The molecule has 1 aromatic carbocycles. The highest BCUT2D eigenvalue weighted by Crippen LogP contribution is 2.31. The Labute approximate surface area is 176 Å². The van der Waals surface area contributed by atoms with E-state index in [1.807, 2.05) is 0 Å². The third-order valence-corrected chi connectivity index (χ3v) is 7.71. The van der Waals surface area contributed by atoms with Crippen LogP contribution in [0.2, 0.25) is 0 Å². The van der Waals surface area contributed by atoms with Crippen molar-refractivity contribution in [2.45, 2.75) is 50.6 Å². The molecule has 1 saturated heterocycles. The Morgan fingerprint density at radius 2 is 1.73 bits per heavy atom. The second-order valence-corrected chi connectivity index (χ2v) is 10.3. The van der Waals surface area contributed by atoms with Gasteiger partial charge in [0, 0.05) is 12.1 Å². The monoisotopic (exact) mass is 437 g/mol. The molecule has 1 aliphatic carbocycles. The number of rotatable bonds is 5. The van der Waals surface area contributed by atoms with Gasteiger partial charge in [0.05, 0.1) is 17.1 Å². The van der Waals surface area contributed by atoms with E-state index >= 15 is 0 Å². The minimum Gasteiger partial charge on any atom is -0.486 e. The highest BCUT2D eigenvalue weighted by molar-refractivity contribution is 7.91. The van der Waals surface area contributed by atoms with Gasteiger partial charge in [-0.1, -0.05) is 19.3 Å². The number of fused-ring (bicyclic) bond motifs is 1. The molecule has 1 unspecified atom stereocenters. The van der Waals surface area contributed by atoms with Gasteiger partial charge in [-0.05, 0) is 37.5 Å². The van der Waals surface area contributed by atoms with Gasteiger partial charge < -0.3 is 19.1 Å². The van der Waals surface area contributed by atoms with Gasteiger partial charge in [-0.2, -0.15) is 0 Å². The van der Waals surface area contributed by atoms with Crippen molar-refractivity contribution in [2.75, 3.05) is 31.3 Å². The SMILES string of the molecule is O=C(OCC(=O)N(C1CCCCC1)C1CCS(=O)(=O)C1)c1ccc2c(c1)OCCO2. The van der Waals surface area contributed by atoms with Crippen LogP contribution < -0.4 is 9.47 Å². The van der Waals surface area contributed by atoms with Crippen LogP contribution >= 0.6 is 0 Å². The maximum atomic E-state index is 13.0. The van der Waals surface area contributed by atoms with E-state index in [9.17, 15) is 18.0 Å². The number of carbonyl (C=O) groups excluding carboxylic acids is 2. The summed E-state index contributed by atoms with van der Waals surface area (Å²) in [5.41, 5.74) is 0.278. The second-order valence-electron chi connectivity index (χ2n) is 8.08. The molecular formula is C21H27NO7S. The average Bonchev–Trinajstić information content (AvgIpc) is 3.11. The van der Waals surface area contributed by atoms with Gasteiger partial charge in [-0.3, -0.25) is 4.79 Å². The van der Waals surface area contributed by atoms with Gasteiger partial charge >= 0.3 is 5.97 Å². The number of hydrogen-bond acceptors (Lipinski definition) is 7. The summed E-state index contributed by atoms with van der Waals surface area (Å²) in [5, 5.41) is 0. The fourth-order valence-electron chi connectivity index (χ4n) is 4.51. The number of amides is 1. The number of nitrogens with zero attached hydrogens (tertiary/aromatic N) is 1. The molecule has 0 aromatic heterocycles. The minimum absolute atomic E-state index is 0.00858. The van der Waals surface area contributed by atoms with Crippen LogP contribution in [0.4, 0.5) is 0 Å². The lowest BCUT2D eigenvalue weighted by Gasteiger charge is -2.38. The molecule has 30 heavy (non-hydrogen) atoms. The number of benzene rings is 1. The Morgan fingerprint density at radius 3 is 2.43 bits per heavy atom. The molecule has 2 aliphatic heterocycles. The van der Waals surface area contributed by atoms with Gasteiger partial charge in [-0.25, -0.2) is 13.2 Å². The lowest BCUT2D eigenvalue weighted by Crippen LogP contribution is -2.50. The number of hydrogen-bond donors (Lipinski definition) is 0. The van der Waals surface area contributed by atoms with Gasteiger partial charge in [0.25, 0.3) is 5.91 Å². The molecule has 8 nitrogen and oxygen atoms in total. The predicted octanol–water partition coefficient (Wildman–Crippen LogP) is 1.96. The first-order chi connectivity index (χ1) is 14.4. The van der Waals surface area contributed by atoms with Crippen molar-refractivity contribution in [1.82, 2.24) is 4.90 Å². The molecule has 0 bridgehead atoms. The fraction of sp³-hybridized carbons (Fsp3) is 0.619. The Morgan fingerprint density at radius 1 is 1.00 bits per heavy atom. The Hall–Kier alpha value is -2.29. The van der Waals surface area contributed by atoms with E-state index in [-0.39, 0.29) is 35.1 Å². The summed E-state index contributed by atoms with van der Waals surface area (Å²) in [6.45, 7) is 0.462. The van der Waals surface area contributed by atoms with Gasteiger partial charge in [-0.15, -0.1) is 0 Å². The molecule has 4 rings (SSSR count). The summed E-state index contributed by atoms with van der Waals surface area (Å²) in [5.74, 6) is 0.191. The lowest BCUT2D eigenvalue weighted by molar-refractivity contribution is -0.140. The third-order valence-electron chi connectivity index (χ3n) is 5.96. The highest BCUT2D eigenvalue weighted by Gasteiger charge is 2.38. The molecule has 1 aromatic rings. The van der Waals surface area contributed by atoms with Crippen LogP contribution in [0.25, 0.3) is 0 Å². The first kappa shape index (κ1) is 21.0. The van der Waals surface area contributed by atoms with E-state index in [0.717, 1.165) is 32.1 Å². The zero-order valence-corrected chi connectivity index (χ0v) is 17.7. The van der Waals surface area contributed by atoms with Crippen molar-refractivity contribution in [3.8, 4) is 11.5 Å². The van der Waals surface area contributed by atoms with Crippen LogP contribution in [0, 0.1) is 0 Å². The first-order valence-corrected chi connectivity index (χ1v) is 12.3. The van der Waals surface area contributed by atoms with Crippen LogP contribution in [0.1, 0.15) is 48.9 Å². The van der Waals surface area contributed by atoms with E-state index < -0.39 is 22.4 Å². The average molecular weight is 438 g/mol. The minimum atomic E-state index is -3.12. The van der Waals surface area contributed by atoms with Gasteiger partial charge in [0.15, 0.2) is 27.9 Å². The molecular weight excluding hydrogens is 410 g/mol. The van der Waals surface area contributed by atoms with Crippen LogP contribution in [0.3, 0.4) is 0 Å². The van der Waals surface area contributed by atoms with E-state index in [0.29, 0.717) is 31.1 Å². The smallest absolute Gasteiger partial charge is 0.338 e. The zero-order valence-electron chi connectivity index (χ0n) is 16.9. The van der Waals surface area contributed by atoms with Crippen molar-refractivity contribution in [2.24, 2.45) is 0 Å². The van der Waals surface area contributed by atoms with E-state index in [1.54, 1.807) is 23.1 Å². The van der Waals surface area contributed by atoms with Crippen LogP contribution in [-0.2, 0) is 19.4 Å². The van der Waals surface area contributed by atoms with Crippen molar-refractivity contribution in [3.05, 3.63) is 23.8 Å². The summed E-state index contributed by atoms with van der Waals surface area (Å²) in [4.78, 5) is 27.2. The number of esters is 1.